The highest BCUT2D eigenvalue weighted by Gasteiger charge is 2.23. The van der Waals surface area contributed by atoms with E-state index in [0.717, 1.165) is 31.0 Å². The van der Waals surface area contributed by atoms with E-state index in [0.29, 0.717) is 6.42 Å². The minimum Gasteiger partial charge on any atom is -0.504 e. The van der Waals surface area contributed by atoms with Gasteiger partial charge in [0.2, 0.25) is 16.9 Å². The van der Waals surface area contributed by atoms with Crippen LogP contribution in [0.15, 0.2) is 33.5 Å². The maximum Gasteiger partial charge on any atom is 0.238 e. The number of unbranched alkanes of at least 4 members (excludes halogenated alkanes) is 2. The van der Waals surface area contributed by atoms with Gasteiger partial charge in [-0.1, -0.05) is 19.8 Å². The Hall–Kier alpha value is -3.55. The second kappa shape index (κ2) is 7.59. The zero-order chi connectivity index (χ0) is 20.4. The van der Waals surface area contributed by atoms with Crippen LogP contribution in [0.3, 0.4) is 0 Å². The molecular weight excluding hydrogens is 368 g/mol. The molecule has 0 spiro atoms. The maximum atomic E-state index is 12.6. The van der Waals surface area contributed by atoms with Crippen LogP contribution in [0.25, 0.3) is 22.3 Å². The SMILES string of the molecule is CCCCCOc1c(O)cc2oc(-c3ccc(O)c(O)c3)c(O)c(=O)c2c1O. The minimum absolute atomic E-state index is 0.116. The summed E-state index contributed by atoms with van der Waals surface area (Å²) in [5.41, 5.74) is -0.994. The molecule has 2 aromatic carbocycles. The molecule has 0 unspecified atom stereocenters. The third-order valence-corrected chi connectivity index (χ3v) is 4.30. The minimum atomic E-state index is -0.931. The summed E-state index contributed by atoms with van der Waals surface area (Å²) in [4.78, 5) is 12.6. The third-order valence-electron chi connectivity index (χ3n) is 4.30. The molecule has 0 aliphatic heterocycles. The van der Waals surface area contributed by atoms with Crippen molar-refractivity contribution in [2.75, 3.05) is 6.61 Å². The van der Waals surface area contributed by atoms with Crippen molar-refractivity contribution in [1.29, 1.82) is 0 Å². The molecule has 0 fully saturated rings. The monoisotopic (exact) mass is 388 g/mol. The Balaban J connectivity index is 2.13. The molecule has 0 amide bonds. The number of aromatic hydroxyl groups is 5. The Labute approximate surface area is 159 Å². The number of rotatable bonds is 6. The van der Waals surface area contributed by atoms with Gasteiger partial charge in [0.15, 0.2) is 28.8 Å². The summed E-state index contributed by atoms with van der Waals surface area (Å²) >= 11 is 0. The molecule has 8 nitrogen and oxygen atoms in total. The Bertz CT molecular complexity index is 1080. The highest BCUT2D eigenvalue weighted by atomic mass is 16.5. The van der Waals surface area contributed by atoms with Crippen molar-refractivity contribution in [3.8, 4) is 45.8 Å². The van der Waals surface area contributed by atoms with Crippen molar-refractivity contribution in [1.82, 2.24) is 0 Å². The van der Waals surface area contributed by atoms with Crippen molar-refractivity contribution in [3.05, 3.63) is 34.5 Å². The zero-order valence-corrected chi connectivity index (χ0v) is 15.1. The molecule has 3 aromatic rings. The zero-order valence-electron chi connectivity index (χ0n) is 15.1. The van der Waals surface area contributed by atoms with Crippen molar-refractivity contribution in [3.63, 3.8) is 0 Å². The van der Waals surface area contributed by atoms with E-state index in [-0.39, 0.29) is 40.4 Å². The highest BCUT2D eigenvalue weighted by Crippen LogP contribution is 2.43. The van der Waals surface area contributed by atoms with Gasteiger partial charge >= 0.3 is 0 Å². The van der Waals surface area contributed by atoms with Gasteiger partial charge in [0.1, 0.15) is 11.0 Å². The van der Waals surface area contributed by atoms with Gasteiger partial charge in [0.05, 0.1) is 6.61 Å². The van der Waals surface area contributed by atoms with E-state index in [4.69, 9.17) is 9.15 Å². The number of phenols is 4. The lowest BCUT2D eigenvalue weighted by atomic mass is 10.1. The average Bonchev–Trinajstić information content (AvgIpc) is 2.66. The first-order chi connectivity index (χ1) is 13.3. The van der Waals surface area contributed by atoms with Crippen LogP contribution in [-0.4, -0.2) is 32.1 Å². The van der Waals surface area contributed by atoms with E-state index in [9.17, 15) is 30.3 Å². The second-order valence-corrected chi connectivity index (χ2v) is 6.31. The fourth-order valence-electron chi connectivity index (χ4n) is 2.82. The largest absolute Gasteiger partial charge is 0.504 e. The number of hydrogen-bond acceptors (Lipinski definition) is 8. The van der Waals surface area contributed by atoms with Gasteiger partial charge in [0.25, 0.3) is 0 Å². The average molecular weight is 388 g/mol. The van der Waals surface area contributed by atoms with Crippen LogP contribution in [0.4, 0.5) is 0 Å². The van der Waals surface area contributed by atoms with Gasteiger partial charge in [0, 0.05) is 11.6 Å². The molecule has 3 rings (SSSR count). The summed E-state index contributed by atoms with van der Waals surface area (Å²) < 4.78 is 10.9. The van der Waals surface area contributed by atoms with Crippen LogP contribution in [0.2, 0.25) is 0 Å². The van der Waals surface area contributed by atoms with E-state index in [1.165, 1.54) is 6.07 Å². The number of phenolic OH excluding ortho intramolecular Hbond substituents is 4. The molecular formula is C20H20O8. The van der Waals surface area contributed by atoms with Crippen LogP contribution in [0.5, 0.6) is 34.5 Å². The van der Waals surface area contributed by atoms with Crippen LogP contribution in [0, 0.1) is 0 Å². The van der Waals surface area contributed by atoms with Crippen molar-refractivity contribution in [2.45, 2.75) is 26.2 Å². The summed E-state index contributed by atoms with van der Waals surface area (Å²) in [6.45, 7) is 2.26. The number of ether oxygens (including phenoxy) is 1. The first-order valence-corrected chi connectivity index (χ1v) is 8.75. The number of fused-ring (bicyclic) bond motifs is 1. The standard InChI is InChI=1S/C20H20O8/c1-2-3-4-7-27-20-13(23)9-14-15(17(20)25)16(24)18(26)19(28-14)10-5-6-11(21)12(22)8-10/h5-6,8-9,21-23,25-26H,2-4,7H2,1H3. The Morgan fingerprint density at radius 1 is 0.929 bits per heavy atom. The molecule has 0 saturated heterocycles. The van der Waals surface area contributed by atoms with E-state index in [1.54, 1.807) is 0 Å². The molecule has 28 heavy (non-hydrogen) atoms. The molecule has 8 heteroatoms. The lowest BCUT2D eigenvalue weighted by Crippen LogP contribution is -2.05. The molecule has 1 aromatic heterocycles. The molecule has 0 aliphatic rings. The smallest absolute Gasteiger partial charge is 0.238 e. The highest BCUT2D eigenvalue weighted by molar-refractivity contribution is 5.91. The lowest BCUT2D eigenvalue weighted by molar-refractivity contribution is 0.276. The maximum absolute atomic E-state index is 12.6. The van der Waals surface area contributed by atoms with E-state index in [1.807, 2.05) is 6.92 Å². The van der Waals surface area contributed by atoms with Gasteiger partial charge in [-0.05, 0) is 24.6 Å². The van der Waals surface area contributed by atoms with E-state index in [2.05, 4.69) is 0 Å². The van der Waals surface area contributed by atoms with E-state index < -0.39 is 28.4 Å². The molecule has 0 atom stereocenters. The van der Waals surface area contributed by atoms with E-state index >= 15 is 0 Å². The molecule has 148 valence electrons. The van der Waals surface area contributed by atoms with Crippen LogP contribution >= 0.6 is 0 Å². The Morgan fingerprint density at radius 3 is 2.36 bits per heavy atom. The van der Waals surface area contributed by atoms with Crippen molar-refractivity contribution < 1.29 is 34.7 Å². The van der Waals surface area contributed by atoms with Crippen LogP contribution in [0.1, 0.15) is 26.2 Å². The molecule has 1 heterocycles. The van der Waals surface area contributed by atoms with Crippen molar-refractivity contribution >= 4 is 11.0 Å². The molecule has 0 bridgehead atoms. The second-order valence-electron chi connectivity index (χ2n) is 6.31. The molecule has 5 N–H and O–H groups in total. The van der Waals surface area contributed by atoms with Gasteiger partial charge in [-0.2, -0.15) is 0 Å². The molecule has 0 saturated carbocycles. The predicted molar refractivity (Wildman–Crippen MR) is 101 cm³/mol. The van der Waals surface area contributed by atoms with Gasteiger partial charge in [-0.25, -0.2) is 0 Å². The fraction of sp³-hybridized carbons (Fsp3) is 0.250. The van der Waals surface area contributed by atoms with Crippen molar-refractivity contribution in [2.24, 2.45) is 0 Å². The number of hydrogen-bond donors (Lipinski definition) is 5. The molecule has 0 aliphatic carbocycles. The first kappa shape index (κ1) is 19.2. The normalized spacial score (nSPS) is 11.0. The van der Waals surface area contributed by atoms with Crippen LogP contribution in [-0.2, 0) is 0 Å². The summed E-state index contributed by atoms with van der Waals surface area (Å²) in [5, 5.41) is 49.5. The van der Waals surface area contributed by atoms with Gasteiger partial charge in [-0.3, -0.25) is 4.79 Å². The van der Waals surface area contributed by atoms with Gasteiger partial charge in [-0.15, -0.1) is 0 Å². The lowest BCUT2D eigenvalue weighted by Gasteiger charge is -2.13. The summed E-state index contributed by atoms with van der Waals surface area (Å²) in [6, 6.07) is 4.69. The Kier molecular flexibility index (Phi) is 5.21. The number of benzene rings is 2. The topological polar surface area (TPSA) is 141 Å². The van der Waals surface area contributed by atoms with Crippen LogP contribution < -0.4 is 10.2 Å². The fourth-order valence-corrected chi connectivity index (χ4v) is 2.82. The summed E-state index contributed by atoms with van der Waals surface area (Å²) in [6.07, 6.45) is 2.57. The first-order valence-electron chi connectivity index (χ1n) is 8.75. The predicted octanol–water partition coefficient (Wildman–Crippen LogP) is 3.56. The summed E-state index contributed by atoms with van der Waals surface area (Å²) in [5.74, 6) is -3.25. The quantitative estimate of drug-likeness (QED) is 0.319. The molecule has 0 radical (unpaired) electrons. The Morgan fingerprint density at radius 2 is 1.68 bits per heavy atom. The summed E-state index contributed by atoms with van der Waals surface area (Å²) in [7, 11) is 0. The van der Waals surface area contributed by atoms with Gasteiger partial charge < -0.3 is 34.7 Å². The third kappa shape index (κ3) is 3.36.